The highest BCUT2D eigenvalue weighted by Crippen LogP contribution is 2.26. The highest BCUT2D eigenvalue weighted by Gasteiger charge is 2.10. The molecule has 0 aliphatic rings. The summed E-state index contributed by atoms with van der Waals surface area (Å²) < 4.78 is 26.8. The molecule has 0 aliphatic carbocycles. The first kappa shape index (κ1) is 14.8. The maximum Gasteiger partial charge on any atom is 0.225 e. The van der Waals surface area contributed by atoms with Gasteiger partial charge in [-0.25, -0.2) is 8.42 Å². The normalized spacial score (nSPS) is 11.1. The zero-order valence-corrected chi connectivity index (χ0v) is 11.6. The predicted molar refractivity (Wildman–Crippen MR) is 71.0 cm³/mol. The van der Waals surface area contributed by atoms with Gasteiger partial charge in [0, 0.05) is 18.7 Å². The standard InChI is InChI=1S/C11H14ClNO4S/c1-17-8-3-4-10(9(12)7-8)13-11(14)5-6-18(2,15)16/h3-4,7H,5-6H2,1-2H3,(H,13,14). The van der Waals surface area contributed by atoms with Crippen molar-refractivity contribution in [3.63, 3.8) is 0 Å². The van der Waals surface area contributed by atoms with E-state index in [9.17, 15) is 13.2 Å². The Balaban J connectivity index is 2.65. The molecule has 1 amide bonds. The Kier molecular flexibility index (Phi) is 4.98. The van der Waals surface area contributed by atoms with Crippen LogP contribution >= 0.6 is 11.6 Å². The molecule has 0 heterocycles. The molecule has 0 aromatic heterocycles. The number of anilines is 1. The first-order valence-electron chi connectivity index (χ1n) is 5.13. The summed E-state index contributed by atoms with van der Waals surface area (Å²) in [6.45, 7) is 0. The Morgan fingerprint density at radius 3 is 2.61 bits per heavy atom. The number of methoxy groups -OCH3 is 1. The molecular weight excluding hydrogens is 278 g/mol. The number of sulfone groups is 1. The molecule has 0 spiro atoms. The van der Waals surface area contributed by atoms with Crippen LogP contribution in [0.15, 0.2) is 18.2 Å². The number of carbonyl (C=O) groups is 1. The fraction of sp³-hybridized carbons (Fsp3) is 0.364. The quantitative estimate of drug-likeness (QED) is 0.896. The molecule has 0 atom stereocenters. The van der Waals surface area contributed by atoms with Crippen molar-refractivity contribution in [3.05, 3.63) is 23.2 Å². The van der Waals surface area contributed by atoms with Gasteiger partial charge in [0.05, 0.1) is 23.6 Å². The molecule has 0 radical (unpaired) electrons. The average molecular weight is 292 g/mol. The molecule has 5 nitrogen and oxygen atoms in total. The number of hydrogen-bond acceptors (Lipinski definition) is 4. The third-order valence-electron chi connectivity index (χ3n) is 2.15. The number of carbonyl (C=O) groups excluding carboxylic acids is 1. The Morgan fingerprint density at radius 1 is 1.44 bits per heavy atom. The maximum absolute atomic E-state index is 11.5. The van der Waals surface area contributed by atoms with E-state index in [4.69, 9.17) is 16.3 Å². The second-order valence-electron chi connectivity index (χ2n) is 3.77. The van der Waals surface area contributed by atoms with Crippen LogP contribution in [0.2, 0.25) is 5.02 Å². The van der Waals surface area contributed by atoms with Crippen molar-refractivity contribution in [3.8, 4) is 5.75 Å². The molecule has 0 fully saturated rings. The summed E-state index contributed by atoms with van der Waals surface area (Å²) in [6, 6.07) is 4.81. The van der Waals surface area contributed by atoms with Crippen molar-refractivity contribution in [2.24, 2.45) is 0 Å². The van der Waals surface area contributed by atoms with Gasteiger partial charge in [0.25, 0.3) is 0 Å². The number of hydrogen-bond donors (Lipinski definition) is 1. The van der Waals surface area contributed by atoms with Gasteiger partial charge < -0.3 is 10.1 Å². The van der Waals surface area contributed by atoms with E-state index in [1.54, 1.807) is 18.2 Å². The van der Waals surface area contributed by atoms with Crippen molar-refractivity contribution in [1.29, 1.82) is 0 Å². The van der Waals surface area contributed by atoms with Crippen LogP contribution in [0, 0.1) is 0 Å². The number of amides is 1. The Labute approximate surface area is 111 Å². The summed E-state index contributed by atoms with van der Waals surface area (Å²) in [7, 11) is -1.64. The van der Waals surface area contributed by atoms with E-state index in [1.165, 1.54) is 7.11 Å². The van der Waals surface area contributed by atoms with Crippen molar-refractivity contribution >= 4 is 33.0 Å². The molecule has 100 valence electrons. The number of benzene rings is 1. The molecule has 1 aromatic rings. The molecular formula is C11H14ClNO4S. The van der Waals surface area contributed by atoms with E-state index in [0.29, 0.717) is 16.5 Å². The lowest BCUT2D eigenvalue weighted by Crippen LogP contribution is -2.16. The van der Waals surface area contributed by atoms with Gasteiger partial charge >= 0.3 is 0 Å². The molecule has 1 N–H and O–H groups in total. The SMILES string of the molecule is COc1ccc(NC(=O)CCS(C)(=O)=O)c(Cl)c1. The van der Waals surface area contributed by atoms with Crippen molar-refractivity contribution in [2.45, 2.75) is 6.42 Å². The zero-order chi connectivity index (χ0) is 13.8. The van der Waals surface area contributed by atoms with E-state index < -0.39 is 15.7 Å². The van der Waals surface area contributed by atoms with Crippen LogP contribution in [0.5, 0.6) is 5.75 Å². The first-order chi connectivity index (χ1) is 8.31. The predicted octanol–water partition coefficient (Wildman–Crippen LogP) is 1.72. The van der Waals surface area contributed by atoms with E-state index in [1.807, 2.05) is 0 Å². The molecule has 0 bridgehead atoms. The van der Waals surface area contributed by atoms with E-state index in [2.05, 4.69) is 5.32 Å². The third-order valence-corrected chi connectivity index (χ3v) is 3.41. The Hall–Kier alpha value is -1.27. The topological polar surface area (TPSA) is 72.5 Å². The fourth-order valence-electron chi connectivity index (χ4n) is 1.21. The number of nitrogens with one attached hydrogen (secondary N) is 1. The second kappa shape index (κ2) is 6.06. The summed E-state index contributed by atoms with van der Waals surface area (Å²) in [5, 5.41) is 2.88. The van der Waals surface area contributed by atoms with Gasteiger partial charge in [-0.2, -0.15) is 0 Å². The third kappa shape index (κ3) is 4.93. The molecule has 1 aromatic carbocycles. The number of rotatable bonds is 5. The van der Waals surface area contributed by atoms with Crippen LogP contribution in [0.25, 0.3) is 0 Å². The molecule has 7 heteroatoms. The van der Waals surface area contributed by atoms with Crippen LogP contribution in [0.1, 0.15) is 6.42 Å². The average Bonchev–Trinajstić information content (AvgIpc) is 2.28. The molecule has 1 rings (SSSR count). The van der Waals surface area contributed by atoms with Gasteiger partial charge in [0.15, 0.2) is 0 Å². The van der Waals surface area contributed by atoms with Gasteiger partial charge in [0.2, 0.25) is 5.91 Å². The minimum absolute atomic E-state index is 0.0960. The highest BCUT2D eigenvalue weighted by atomic mass is 35.5. The summed E-state index contributed by atoms with van der Waals surface area (Å²) in [6.07, 6.45) is 0.988. The minimum Gasteiger partial charge on any atom is -0.497 e. The van der Waals surface area contributed by atoms with Crippen LogP contribution in [0.3, 0.4) is 0 Å². The monoisotopic (exact) mass is 291 g/mol. The van der Waals surface area contributed by atoms with Crippen LogP contribution in [-0.2, 0) is 14.6 Å². The van der Waals surface area contributed by atoms with Crippen molar-refractivity contribution < 1.29 is 17.9 Å². The zero-order valence-electron chi connectivity index (χ0n) is 10.1. The smallest absolute Gasteiger partial charge is 0.225 e. The van der Waals surface area contributed by atoms with Crippen molar-refractivity contribution in [1.82, 2.24) is 0 Å². The van der Waals surface area contributed by atoms with Crippen LogP contribution in [0.4, 0.5) is 5.69 Å². The van der Waals surface area contributed by atoms with Gasteiger partial charge in [-0.3, -0.25) is 4.79 Å². The molecule has 0 saturated heterocycles. The summed E-state index contributed by atoms with van der Waals surface area (Å²) >= 11 is 5.93. The van der Waals surface area contributed by atoms with Gasteiger partial charge in [-0.05, 0) is 12.1 Å². The van der Waals surface area contributed by atoms with E-state index in [0.717, 1.165) is 6.26 Å². The molecule has 0 unspecified atom stereocenters. The van der Waals surface area contributed by atoms with Crippen molar-refractivity contribution in [2.75, 3.05) is 24.4 Å². The number of halogens is 1. The minimum atomic E-state index is -3.15. The fourth-order valence-corrected chi connectivity index (χ4v) is 1.99. The Bertz CT molecular complexity index is 542. The second-order valence-corrected chi connectivity index (χ2v) is 6.44. The van der Waals surface area contributed by atoms with Crippen LogP contribution < -0.4 is 10.1 Å². The Morgan fingerprint density at radius 2 is 2.11 bits per heavy atom. The lowest BCUT2D eigenvalue weighted by molar-refractivity contribution is -0.115. The summed E-state index contributed by atoms with van der Waals surface area (Å²) in [4.78, 5) is 11.5. The summed E-state index contributed by atoms with van der Waals surface area (Å²) in [5.41, 5.74) is 0.427. The lowest BCUT2D eigenvalue weighted by Gasteiger charge is -2.08. The van der Waals surface area contributed by atoms with E-state index in [-0.39, 0.29) is 12.2 Å². The molecule has 0 aliphatic heterocycles. The maximum atomic E-state index is 11.5. The van der Waals surface area contributed by atoms with E-state index >= 15 is 0 Å². The van der Waals surface area contributed by atoms with Gasteiger partial charge in [-0.15, -0.1) is 0 Å². The highest BCUT2D eigenvalue weighted by molar-refractivity contribution is 7.90. The first-order valence-corrected chi connectivity index (χ1v) is 7.57. The van der Waals surface area contributed by atoms with Gasteiger partial charge in [-0.1, -0.05) is 11.6 Å². The number of ether oxygens (including phenoxy) is 1. The molecule has 0 saturated carbocycles. The van der Waals surface area contributed by atoms with Gasteiger partial charge in [0.1, 0.15) is 15.6 Å². The largest absolute Gasteiger partial charge is 0.497 e. The summed E-state index contributed by atoms with van der Waals surface area (Å²) in [5.74, 6) is -0.00583. The lowest BCUT2D eigenvalue weighted by atomic mass is 10.3. The van der Waals surface area contributed by atoms with Crippen LogP contribution in [-0.4, -0.2) is 33.4 Å². The molecule has 18 heavy (non-hydrogen) atoms.